The Hall–Kier alpha value is -2.67. The summed E-state index contributed by atoms with van der Waals surface area (Å²) in [5.41, 5.74) is 2.22. The number of amides is 1. The molecule has 0 saturated heterocycles. The fraction of sp³-hybridized carbons (Fsp3) is 0.300. The van der Waals surface area contributed by atoms with E-state index in [1.165, 1.54) is 11.8 Å². The highest BCUT2D eigenvalue weighted by Crippen LogP contribution is 2.23. The van der Waals surface area contributed by atoms with Gasteiger partial charge in [-0.25, -0.2) is 4.68 Å². The van der Waals surface area contributed by atoms with Crippen LogP contribution in [0.2, 0.25) is 0 Å². The number of rotatable bonds is 8. The van der Waals surface area contributed by atoms with Crippen LogP contribution in [-0.4, -0.2) is 36.3 Å². The highest BCUT2D eigenvalue weighted by molar-refractivity contribution is 8.00. The Kier molecular flexibility index (Phi) is 6.59. The summed E-state index contributed by atoms with van der Waals surface area (Å²) in [6.07, 6.45) is 0. The summed E-state index contributed by atoms with van der Waals surface area (Å²) < 4.78 is 1.70. The molecule has 6 nitrogen and oxygen atoms in total. The van der Waals surface area contributed by atoms with Crippen LogP contribution in [0.1, 0.15) is 25.0 Å². The lowest BCUT2D eigenvalue weighted by Gasteiger charge is -2.26. The zero-order chi connectivity index (χ0) is 19.1. The van der Waals surface area contributed by atoms with Crippen molar-refractivity contribution in [2.24, 2.45) is 0 Å². The van der Waals surface area contributed by atoms with Crippen LogP contribution in [-0.2, 0) is 24.4 Å². The van der Waals surface area contributed by atoms with E-state index in [9.17, 15) is 4.79 Å². The number of benzene rings is 2. The van der Waals surface area contributed by atoms with Crippen molar-refractivity contribution >= 4 is 17.7 Å². The average molecular weight is 382 g/mol. The molecule has 0 unspecified atom stereocenters. The molecular weight excluding hydrogens is 358 g/mol. The number of tetrazole rings is 1. The fourth-order valence-electron chi connectivity index (χ4n) is 2.76. The highest BCUT2D eigenvalue weighted by atomic mass is 32.2. The third-order valence-corrected chi connectivity index (χ3v) is 5.23. The van der Waals surface area contributed by atoms with E-state index >= 15 is 0 Å². The number of carbonyl (C=O) groups is 1. The van der Waals surface area contributed by atoms with Crippen LogP contribution in [0.4, 0.5) is 0 Å². The summed E-state index contributed by atoms with van der Waals surface area (Å²) in [5.74, 6) is 0.0679. The molecule has 0 saturated carbocycles. The molecular formula is C20H23N5OS. The standard InChI is InChI=1S/C20H23N5OS/c1-3-25-20(21-22-23-25)27-16(2)19(26)24(14-17-10-6-4-7-11-17)15-18-12-8-5-9-13-18/h4-13,16H,3,14-15H2,1-2H3/t16-/m0/s1. The molecule has 3 aromatic rings. The molecule has 140 valence electrons. The predicted molar refractivity (Wildman–Crippen MR) is 106 cm³/mol. The van der Waals surface area contributed by atoms with Gasteiger partial charge in [-0.05, 0) is 35.4 Å². The Bertz CT molecular complexity index is 812. The van der Waals surface area contributed by atoms with Gasteiger partial charge in [-0.1, -0.05) is 72.4 Å². The predicted octanol–water partition coefficient (Wildman–Crippen LogP) is 3.40. The van der Waals surface area contributed by atoms with E-state index in [1.807, 2.05) is 79.4 Å². The number of hydrogen-bond acceptors (Lipinski definition) is 5. The molecule has 7 heteroatoms. The van der Waals surface area contributed by atoms with E-state index in [0.29, 0.717) is 24.8 Å². The summed E-state index contributed by atoms with van der Waals surface area (Å²) >= 11 is 1.39. The van der Waals surface area contributed by atoms with E-state index in [2.05, 4.69) is 15.5 Å². The number of hydrogen-bond donors (Lipinski definition) is 0. The minimum atomic E-state index is -0.284. The van der Waals surface area contributed by atoms with Gasteiger partial charge in [-0.2, -0.15) is 0 Å². The van der Waals surface area contributed by atoms with Gasteiger partial charge in [-0.3, -0.25) is 4.79 Å². The van der Waals surface area contributed by atoms with Gasteiger partial charge in [0.15, 0.2) is 0 Å². The van der Waals surface area contributed by atoms with E-state index < -0.39 is 0 Å². The van der Waals surface area contributed by atoms with E-state index in [4.69, 9.17) is 0 Å². The SMILES string of the molecule is CCn1nnnc1S[C@@H](C)C(=O)N(Cc1ccccc1)Cc1ccccc1. The van der Waals surface area contributed by atoms with Crippen molar-refractivity contribution < 1.29 is 4.79 Å². The molecule has 0 radical (unpaired) electrons. The summed E-state index contributed by atoms with van der Waals surface area (Å²) in [6, 6.07) is 20.1. The number of nitrogens with zero attached hydrogens (tertiary/aromatic N) is 5. The maximum atomic E-state index is 13.2. The van der Waals surface area contributed by atoms with Crippen LogP contribution in [0.15, 0.2) is 65.8 Å². The van der Waals surface area contributed by atoms with Gasteiger partial charge in [0.2, 0.25) is 11.1 Å². The number of aromatic nitrogens is 4. The van der Waals surface area contributed by atoms with E-state index in [1.54, 1.807) is 4.68 Å². The van der Waals surface area contributed by atoms with Gasteiger partial charge in [0.1, 0.15) is 0 Å². The molecule has 0 aliphatic carbocycles. The first-order valence-corrected chi connectivity index (χ1v) is 9.84. The monoisotopic (exact) mass is 381 g/mol. The minimum absolute atomic E-state index is 0.0679. The molecule has 0 spiro atoms. The third kappa shape index (κ3) is 5.17. The van der Waals surface area contributed by atoms with Crippen LogP contribution < -0.4 is 0 Å². The van der Waals surface area contributed by atoms with Crippen molar-refractivity contribution in [2.45, 2.75) is 43.9 Å². The van der Waals surface area contributed by atoms with Crippen molar-refractivity contribution in [1.29, 1.82) is 0 Å². The first-order valence-electron chi connectivity index (χ1n) is 8.97. The molecule has 1 heterocycles. The molecule has 0 fully saturated rings. The normalized spacial score (nSPS) is 11.9. The molecule has 0 aliphatic rings. The molecule has 27 heavy (non-hydrogen) atoms. The largest absolute Gasteiger partial charge is 0.333 e. The highest BCUT2D eigenvalue weighted by Gasteiger charge is 2.24. The second-order valence-corrected chi connectivity index (χ2v) is 7.51. The Balaban J connectivity index is 1.76. The lowest BCUT2D eigenvalue weighted by Crippen LogP contribution is -2.35. The second kappa shape index (κ2) is 9.32. The van der Waals surface area contributed by atoms with Gasteiger partial charge in [0.05, 0.1) is 5.25 Å². The van der Waals surface area contributed by atoms with Crippen molar-refractivity contribution in [1.82, 2.24) is 25.1 Å². The molecule has 1 amide bonds. The van der Waals surface area contributed by atoms with E-state index in [-0.39, 0.29) is 11.2 Å². The number of thioether (sulfide) groups is 1. The summed E-state index contributed by atoms with van der Waals surface area (Å²) in [6.45, 7) is 5.69. The summed E-state index contributed by atoms with van der Waals surface area (Å²) in [5, 5.41) is 12.1. The fourth-order valence-corrected chi connectivity index (χ4v) is 3.70. The van der Waals surface area contributed by atoms with Crippen molar-refractivity contribution in [3.63, 3.8) is 0 Å². The molecule has 0 aliphatic heterocycles. The smallest absolute Gasteiger partial charge is 0.236 e. The van der Waals surface area contributed by atoms with E-state index in [0.717, 1.165) is 11.1 Å². The number of carbonyl (C=O) groups excluding carboxylic acids is 1. The topological polar surface area (TPSA) is 63.9 Å². The summed E-state index contributed by atoms with van der Waals surface area (Å²) in [4.78, 5) is 15.1. The molecule has 0 N–H and O–H groups in total. The van der Waals surface area contributed by atoms with Crippen molar-refractivity contribution in [3.8, 4) is 0 Å². The van der Waals surface area contributed by atoms with Crippen molar-refractivity contribution in [2.75, 3.05) is 0 Å². The van der Waals surface area contributed by atoms with Crippen LogP contribution in [0, 0.1) is 0 Å². The Morgan fingerprint density at radius 2 is 1.59 bits per heavy atom. The first-order chi connectivity index (χ1) is 13.2. The maximum Gasteiger partial charge on any atom is 0.236 e. The van der Waals surface area contributed by atoms with Crippen LogP contribution in [0.3, 0.4) is 0 Å². The number of aryl methyl sites for hydroxylation is 1. The van der Waals surface area contributed by atoms with Gasteiger partial charge < -0.3 is 4.90 Å². The van der Waals surface area contributed by atoms with Crippen LogP contribution in [0.25, 0.3) is 0 Å². The molecule has 1 atom stereocenters. The lowest BCUT2D eigenvalue weighted by molar-refractivity contribution is -0.131. The van der Waals surface area contributed by atoms with Crippen LogP contribution in [0.5, 0.6) is 0 Å². The lowest BCUT2D eigenvalue weighted by atomic mass is 10.1. The Labute approximate surface area is 163 Å². The van der Waals surface area contributed by atoms with Crippen molar-refractivity contribution in [3.05, 3.63) is 71.8 Å². The van der Waals surface area contributed by atoms with Gasteiger partial charge >= 0.3 is 0 Å². The Morgan fingerprint density at radius 1 is 1.04 bits per heavy atom. The van der Waals surface area contributed by atoms with Crippen LogP contribution >= 0.6 is 11.8 Å². The molecule has 3 rings (SSSR count). The Morgan fingerprint density at radius 3 is 2.11 bits per heavy atom. The van der Waals surface area contributed by atoms with Gasteiger partial charge in [-0.15, -0.1) is 5.10 Å². The van der Waals surface area contributed by atoms with Gasteiger partial charge in [0, 0.05) is 19.6 Å². The van der Waals surface area contributed by atoms with Gasteiger partial charge in [0.25, 0.3) is 0 Å². The zero-order valence-electron chi connectivity index (χ0n) is 15.5. The second-order valence-electron chi connectivity index (χ2n) is 6.20. The first kappa shape index (κ1) is 19.1. The molecule has 0 bridgehead atoms. The maximum absolute atomic E-state index is 13.2. The zero-order valence-corrected chi connectivity index (χ0v) is 16.3. The molecule has 1 aromatic heterocycles. The third-order valence-electron chi connectivity index (χ3n) is 4.17. The average Bonchev–Trinajstić information content (AvgIpc) is 3.15. The summed E-state index contributed by atoms with van der Waals surface area (Å²) in [7, 11) is 0. The quantitative estimate of drug-likeness (QED) is 0.560. The minimum Gasteiger partial charge on any atom is -0.333 e. The molecule has 2 aromatic carbocycles.